The van der Waals surface area contributed by atoms with Crippen molar-refractivity contribution in [1.82, 2.24) is 5.32 Å². The van der Waals surface area contributed by atoms with Gasteiger partial charge in [-0.1, -0.05) is 0 Å². The van der Waals surface area contributed by atoms with Gasteiger partial charge in [0.1, 0.15) is 0 Å². The number of hydrogen-bond acceptors (Lipinski definition) is 4. The third kappa shape index (κ3) is 2.61. The first-order valence-corrected chi connectivity index (χ1v) is 6.21. The van der Waals surface area contributed by atoms with E-state index in [9.17, 15) is 9.90 Å². The zero-order chi connectivity index (χ0) is 11.6. The van der Waals surface area contributed by atoms with Gasteiger partial charge in [-0.3, -0.25) is 0 Å². The summed E-state index contributed by atoms with van der Waals surface area (Å²) in [6, 6.07) is 1.67. The molecule has 1 heterocycles. The Morgan fingerprint density at radius 1 is 1.56 bits per heavy atom. The highest BCUT2D eigenvalue weighted by atomic mass is 32.1. The zero-order valence-corrected chi connectivity index (χ0v) is 9.72. The molecule has 16 heavy (non-hydrogen) atoms. The summed E-state index contributed by atoms with van der Waals surface area (Å²) >= 11 is 1.43. The zero-order valence-electron chi connectivity index (χ0n) is 8.90. The molecule has 0 aliphatic heterocycles. The summed E-state index contributed by atoms with van der Waals surface area (Å²) in [5.74, 6) is -0.889. The Balaban J connectivity index is 1.78. The van der Waals surface area contributed by atoms with Crippen LogP contribution in [0.4, 0.5) is 0 Å². The van der Waals surface area contributed by atoms with Gasteiger partial charge in [0.2, 0.25) is 0 Å². The molecule has 1 aromatic heterocycles. The normalized spacial score (nSPS) is 18.1. The number of carboxylic acid groups (broad SMARTS) is 1. The minimum Gasteiger partial charge on any atom is -0.478 e. The summed E-state index contributed by atoms with van der Waals surface area (Å²) in [5, 5.41) is 23.4. The summed E-state index contributed by atoms with van der Waals surface area (Å²) in [5.41, 5.74) is -0.184. The van der Waals surface area contributed by atoms with E-state index in [0.29, 0.717) is 18.7 Å². The van der Waals surface area contributed by atoms with Gasteiger partial charge in [0.05, 0.1) is 11.2 Å². The molecule has 1 saturated carbocycles. The predicted octanol–water partition coefficient (Wildman–Crippen LogP) is 1.45. The van der Waals surface area contributed by atoms with Crippen LogP contribution in [-0.4, -0.2) is 28.3 Å². The van der Waals surface area contributed by atoms with Crippen molar-refractivity contribution < 1.29 is 15.0 Å². The first kappa shape index (κ1) is 11.6. The van der Waals surface area contributed by atoms with Crippen LogP contribution in [0.1, 0.15) is 34.5 Å². The van der Waals surface area contributed by atoms with Gasteiger partial charge in [-0.2, -0.15) is 0 Å². The molecule has 0 aromatic carbocycles. The van der Waals surface area contributed by atoms with Gasteiger partial charge in [-0.05, 0) is 25.3 Å². The fourth-order valence-electron chi connectivity index (χ4n) is 1.77. The molecule has 5 heteroatoms. The molecule has 88 valence electrons. The average molecular weight is 241 g/mol. The van der Waals surface area contributed by atoms with Crippen molar-refractivity contribution in [2.75, 3.05) is 6.54 Å². The first-order chi connectivity index (χ1) is 7.59. The molecule has 0 saturated heterocycles. The van der Waals surface area contributed by atoms with Gasteiger partial charge in [0, 0.05) is 23.3 Å². The molecule has 1 aromatic rings. The molecule has 3 N–H and O–H groups in total. The molecule has 1 fully saturated rings. The van der Waals surface area contributed by atoms with E-state index >= 15 is 0 Å². The molecule has 4 nitrogen and oxygen atoms in total. The van der Waals surface area contributed by atoms with E-state index in [0.717, 1.165) is 24.1 Å². The van der Waals surface area contributed by atoms with Gasteiger partial charge in [-0.25, -0.2) is 4.79 Å². The number of nitrogens with one attached hydrogen (secondary N) is 1. The number of aliphatic hydroxyl groups is 1. The maximum Gasteiger partial charge on any atom is 0.336 e. The Hall–Kier alpha value is -0.910. The quantitative estimate of drug-likeness (QED) is 0.730. The molecule has 0 spiro atoms. The van der Waals surface area contributed by atoms with Crippen molar-refractivity contribution in [3.05, 3.63) is 21.9 Å². The smallest absolute Gasteiger partial charge is 0.336 e. The van der Waals surface area contributed by atoms with E-state index in [2.05, 4.69) is 5.32 Å². The summed E-state index contributed by atoms with van der Waals surface area (Å²) in [6.45, 7) is 1.22. The SMILES string of the molecule is O=C(O)c1csc(CNCC2(O)CCC2)c1. The van der Waals surface area contributed by atoms with E-state index in [4.69, 9.17) is 5.11 Å². The number of rotatable bonds is 5. The molecule has 0 bridgehead atoms. The third-order valence-electron chi connectivity index (χ3n) is 2.94. The van der Waals surface area contributed by atoms with Crippen molar-refractivity contribution in [1.29, 1.82) is 0 Å². The van der Waals surface area contributed by atoms with Crippen molar-refractivity contribution in [3.8, 4) is 0 Å². The number of thiophene rings is 1. The van der Waals surface area contributed by atoms with Gasteiger partial charge in [0.25, 0.3) is 0 Å². The first-order valence-electron chi connectivity index (χ1n) is 5.33. The largest absolute Gasteiger partial charge is 0.478 e. The fraction of sp³-hybridized carbons (Fsp3) is 0.545. The molecule has 2 rings (SSSR count). The topological polar surface area (TPSA) is 69.6 Å². The summed E-state index contributed by atoms with van der Waals surface area (Å²) < 4.78 is 0. The van der Waals surface area contributed by atoms with E-state index in [1.807, 2.05) is 0 Å². The molecular weight excluding hydrogens is 226 g/mol. The van der Waals surface area contributed by atoms with Crippen molar-refractivity contribution >= 4 is 17.3 Å². The fourth-order valence-corrected chi connectivity index (χ4v) is 2.59. The number of carbonyl (C=O) groups is 1. The molecule has 0 atom stereocenters. The van der Waals surface area contributed by atoms with Gasteiger partial charge in [-0.15, -0.1) is 11.3 Å². The lowest BCUT2D eigenvalue weighted by Crippen LogP contribution is -2.45. The van der Waals surface area contributed by atoms with Crippen molar-refractivity contribution in [3.63, 3.8) is 0 Å². The standard InChI is InChI=1S/C11H15NO3S/c13-10(14)8-4-9(16-6-8)5-12-7-11(15)2-1-3-11/h4,6,12,15H,1-3,5,7H2,(H,13,14). The second-order valence-electron chi connectivity index (χ2n) is 4.29. The molecular formula is C11H15NO3S. The third-order valence-corrected chi connectivity index (χ3v) is 3.87. The highest BCUT2D eigenvalue weighted by Gasteiger charge is 2.33. The molecule has 0 radical (unpaired) electrons. The Labute approximate surface area is 97.9 Å². The number of aromatic carboxylic acids is 1. The van der Waals surface area contributed by atoms with Gasteiger partial charge in [0.15, 0.2) is 0 Å². The van der Waals surface area contributed by atoms with Crippen molar-refractivity contribution in [2.45, 2.75) is 31.4 Å². The van der Waals surface area contributed by atoms with Crippen LogP contribution >= 0.6 is 11.3 Å². The minimum absolute atomic E-state index is 0.337. The van der Waals surface area contributed by atoms with E-state index in [-0.39, 0.29) is 0 Å². The van der Waals surface area contributed by atoms with Gasteiger partial charge < -0.3 is 15.5 Å². The lowest BCUT2D eigenvalue weighted by atomic mass is 9.80. The van der Waals surface area contributed by atoms with E-state index in [1.165, 1.54) is 11.3 Å². The monoisotopic (exact) mass is 241 g/mol. The summed E-state index contributed by atoms with van der Waals surface area (Å²) in [7, 11) is 0. The molecule has 0 amide bonds. The van der Waals surface area contributed by atoms with Crippen LogP contribution in [0.25, 0.3) is 0 Å². The van der Waals surface area contributed by atoms with Crippen LogP contribution in [0.5, 0.6) is 0 Å². The van der Waals surface area contributed by atoms with Crippen LogP contribution in [0, 0.1) is 0 Å². The Morgan fingerprint density at radius 3 is 2.81 bits per heavy atom. The lowest BCUT2D eigenvalue weighted by Gasteiger charge is -2.36. The molecule has 1 aliphatic carbocycles. The van der Waals surface area contributed by atoms with Crippen LogP contribution in [0.3, 0.4) is 0 Å². The second-order valence-corrected chi connectivity index (χ2v) is 5.28. The van der Waals surface area contributed by atoms with Crippen LogP contribution in [-0.2, 0) is 6.54 Å². The number of carboxylic acids is 1. The number of hydrogen-bond donors (Lipinski definition) is 3. The maximum atomic E-state index is 10.6. The van der Waals surface area contributed by atoms with Crippen LogP contribution in [0.2, 0.25) is 0 Å². The highest BCUT2D eigenvalue weighted by molar-refractivity contribution is 7.10. The molecule has 0 unspecified atom stereocenters. The summed E-state index contributed by atoms with van der Waals surface area (Å²) in [4.78, 5) is 11.6. The van der Waals surface area contributed by atoms with Crippen LogP contribution < -0.4 is 5.32 Å². The average Bonchev–Trinajstić information content (AvgIpc) is 2.64. The van der Waals surface area contributed by atoms with Crippen molar-refractivity contribution in [2.24, 2.45) is 0 Å². The Morgan fingerprint density at radius 2 is 2.31 bits per heavy atom. The Kier molecular flexibility index (Phi) is 3.28. The van der Waals surface area contributed by atoms with Gasteiger partial charge >= 0.3 is 5.97 Å². The predicted molar refractivity (Wildman–Crippen MR) is 61.8 cm³/mol. The summed E-state index contributed by atoms with van der Waals surface area (Å²) in [6.07, 6.45) is 2.83. The molecule has 1 aliphatic rings. The van der Waals surface area contributed by atoms with Crippen LogP contribution in [0.15, 0.2) is 11.4 Å². The van der Waals surface area contributed by atoms with E-state index in [1.54, 1.807) is 11.4 Å². The minimum atomic E-state index is -0.889. The lowest BCUT2D eigenvalue weighted by molar-refractivity contribution is -0.0314. The maximum absolute atomic E-state index is 10.6. The Bertz CT molecular complexity index is 384. The highest BCUT2D eigenvalue weighted by Crippen LogP contribution is 2.30. The second kappa shape index (κ2) is 4.53. The van der Waals surface area contributed by atoms with E-state index < -0.39 is 11.6 Å².